The van der Waals surface area contributed by atoms with Crippen molar-refractivity contribution >= 4 is 17.1 Å². The van der Waals surface area contributed by atoms with Crippen molar-refractivity contribution in [2.45, 2.75) is 25.1 Å². The molecule has 0 aliphatic carbocycles. The number of hydrogen-bond donors (Lipinski definition) is 0. The van der Waals surface area contributed by atoms with Crippen molar-refractivity contribution in [1.29, 1.82) is 0 Å². The number of carbonyl (C=O) groups excluding carboxylic acids is 1. The maximum atomic E-state index is 13.5. The van der Waals surface area contributed by atoms with E-state index >= 15 is 0 Å². The number of rotatable bonds is 1. The fraction of sp³-hybridized carbons (Fsp3) is 0.421. The number of benzene rings is 1. The second kappa shape index (κ2) is 6.39. The van der Waals surface area contributed by atoms with Gasteiger partial charge in [-0.1, -0.05) is 6.07 Å². The Morgan fingerprint density at radius 2 is 1.92 bits per heavy atom. The smallest absolute Gasteiger partial charge is 0.417 e. The van der Waals surface area contributed by atoms with E-state index in [1.54, 1.807) is 5.38 Å². The van der Waals surface area contributed by atoms with Crippen molar-refractivity contribution < 1.29 is 22.7 Å². The van der Waals surface area contributed by atoms with Crippen molar-refractivity contribution in [3.63, 3.8) is 0 Å². The molecule has 1 fully saturated rings. The topological polar surface area (TPSA) is 29.5 Å². The average molecular weight is 381 g/mol. The van der Waals surface area contributed by atoms with Crippen LogP contribution < -0.4 is 4.74 Å². The summed E-state index contributed by atoms with van der Waals surface area (Å²) < 4.78 is 46.5. The number of ketones is 1. The molecule has 26 heavy (non-hydrogen) atoms. The van der Waals surface area contributed by atoms with Crippen molar-refractivity contribution in [3.05, 3.63) is 51.2 Å². The van der Waals surface area contributed by atoms with E-state index in [0.29, 0.717) is 4.88 Å². The van der Waals surface area contributed by atoms with Crippen LogP contribution in [0.2, 0.25) is 0 Å². The molecule has 1 atom stereocenters. The normalized spacial score (nSPS) is 21.7. The summed E-state index contributed by atoms with van der Waals surface area (Å²) in [5.41, 5.74) is -0.568. The molecule has 0 spiro atoms. The minimum absolute atomic E-state index is 0.0390. The van der Waals surface area contributed by atoms with E-state index in [2.05, 4.69) is 11.9 Å². The number of nitrogens with zero attached hydrogens (tertiary/aromatic N) is 1. The Morgan fingerprint density at radius 3 is 2.62 bits per heavy atom. The molecule has 0 bridgehead atoms. The summed E-state index contributed by atoms with van der Waals surface area (Å²) in [6, 6.07) is 5.55. The number of alkyl halides is 3. The molecule has 1 unspecified atom stereocenters. The Labute approximate surface area is 153 Å². The first-order valence-corrected chi connectivity index (χ1v) is 9.41. The van der Waals surface area contributed by atoms with Gasteiger partial charge < -0.3 is 9.64 Å². The standard InChI is InChI=1S/C19H18F3NO2S/c1-23-8-5-11(6-9-23)17-12-7-10-26-18(12)16(24)15-13(19(20,21)22)3-2-4-14(15)25-17/h2-4,7,10-11,17H,5-6,8-9H2,1H3. The van der Waals surface area contributed by atoms with Crippen LogP contribution in [0.3, 0.4) is 0 Å². The number of piperidine rings is 1. The van der Waals surface area contributed by atoms with Gasteiger partial charge in [-0.25, -0.2) is 0 Å². The van der Waals surface area contributed by atoms with Crippen LogP contribution in [0.4, 0.5) is 13.2 Å². The van der Waals surface area contributed by atoms with E-state index in [9.17, 15) is 18.0 Å². The summed E-state index contributed by atoms with van der Waals surface area (Å²) in [5, 5.41) is 1.76. The first-order valence-electron chi connectivity index (χ1n) is 8.53. The Kier molecular flexibility index (Phi) is 4.31. The van der Waals surface area contributed by atoms with Crippen molar-refractivity contribution in [2.24, 2.45) is 5.92 Å². The second-order valence-corrected chi connectivity index (χ2v) is 7.81. The molecule has 0 amide bonds. The molecule has 7 heteroatoms. The number of hydrogen-bond acceptors (Lipinski definition) is 4. The largest absolute Gasteiger partial charge is 0.485 e. The van der Waals surface area contributed by atoms with Crippen LogP contribution in [0.25, 0.3) is 0 Å². The Morgan fingerprint density at radius 1 is 1.19 bits per heavy atom. The highest BCUT2D eigenvalue weighted by atomic mass is 32.1. The van der Waals surface area contributed by atoms with Gasteiger partial charge in [0, 0.05) is 11.5 Å². The third-order valence-electron chi connectivity index (χ3n) is 5.21. The molecule has 2 aliphatic rings. The molecular formula is C19H18F3NO2S. The quantitative estimate of drug-likeness (QED) is 0.712. The minimum atomic E-state index is -4.60. The average Bonchev–Trinajstić information content (AvgIpc) is 3.04. The van der Waals surface area contributed by atoms with E-state index in [-0.39, 0.29) is 17.2 Å². The zero-order valence-corrected chi connectivity index (χ0v) is 15.0. The summed E-state index contributed by atoms with van der Waals surface area (Å²) in [4.78, 5) is 15.5. The van der Waals surface area contributed by atoms with Gasteiger partial charge in [0.25, 0.3) is 0 Å². The zero-order chi connectivity index (χ0) is 18.5. The highest BCUT2D eigenvalue weighted by Gasteiger charge is 2.41. The van der Waals surface area contributed by atoms with Crippen LogP contribution >= 0.6 is 11.3 Å². The molecule has 138 valence electrons. The van der Waals surface area contributed by atoms with E-state index in [1.165, 1.54) is 23.5 Å². The summed E-state index contributed by atoms with van der Waals surface area (Å²) in [6.45, 7) is 1.82. The molecule has 3 nitrogen and oxygen atoms in total. The molecule has 0 saturated carbocycles. The number of fused-ring (bicyclic) bond motifs is 2. The lowest BCUT2D eigenvalue weighted by Crippen LogP contribution is -2.34. The Hall–Kier alpha value is -1.86. The van der Waals surface area contributed by atoms with Gasteiger partial charge >= 0.3 is 6.18 Å². The number of carbonyl (C=O) groups is 1. The summed E-state index contributed by atoms with van der Waals surface area (Å²) in [6.07, 6.45) is -3.22. The van der Waals surface area contributed by atoms with Gasteiger partial charge in [0.15, 0.2) is 0 Å². The molecule has 2 aromatic rings. The second-order valence-electron chi connectivity index (χ2n) is 6.89. The van der Waals surface area contributed by atoms with Gasteiger partial charge in [-0.05, 0) is 56.6 Å². The molecule has 0 N–H and O–H groups in total. The van der Waals surface area contributed by atoms with Crippen LogP contribution in [-0.2, 0) is 6.18 Å². The highest BCUT2D eigenvalue weighted by Crippen LogP contribution is 2.45. The molecular weight excluding hydrogens is 363 g/mol. The lowest BCUT2D eigenvalue weighted by atomic mass is 9.87. The van der Waals surface area contributed by atoms with E-state index < -0.39 is 23.6 Å². The zero-order valence-electron chi connectivity index (χ0n) is 14.2. The SMILES string of the molecule is CN1CCC(C2Oc3cccc(C(F)(F)F)c3C(=O)c3sccc32)CC1. The molecule has 0 radical (unpaired) electrons. The molecule has 4 rings (SSSR count). The third kappa shape index (κ3) is 2.93. The van der Waals surface area contributed by atoms with Gasteiger partial charge in [-0.15, -0.1) is 11.3 Å². The van der Waals surface area contributed by atoms with Crippen molar-refractivity contribution in [1.82, 2.24) is 4.90 Å². The molecule has 2 aliphatic heterocycles. The monoisotopic (exact) mass is 381 g/mol. The van der Waals surface area contributed by atoms with E-state index in [0.717, 1.165) is 37.6 Å². The summed E-state index contributed by atoms with van der Waals surface area (Å²) in [7, 11) is 2.05. The van der Waals surface area contributed by atoms with E-state index in [4.69, 9.17) is 4.74 Å². The first-order chi connectivity index (χ1) is 12.4. The van der Waals surface area contributed by atoms with Gasteiger partial charge in [0.2, 0.25) is 5.78 Å². The molecule has 1 saturated heterocycles. The molecule has 1 aromatic heterocycles. The summed E-state index contributed by atoms with van der Waals surface area (Å²) >= 11 is 1.19. The van der Waals surface area contributed by atoms with Crippen LogP contribution in [0, 0.1) is 5.92 Å². The predicted octanol–water partition coefficient (Wildman–Crippen LogP) is 4.77. The highest BCUT2D eigenvalue weighted by molar-refractivity contribution is 7.12. The first kappa shape index (κ1) is 17.5. The van der Waals surface area contributed by atoms with Gasteiger partial charge in [0.05, 0.1) is 16.0 Å². The van der Waals surface area contributed by atoms with Crippen LogP contribution in [0.15, 0.2) is 29.6 Å². The Bertz CT molecular complexity index is 838. The third-order valence-corrected chi connectivity index (χ3v) is 6.14. The van der Waals surface area contributed by atoms with Gasteiger partial charge in [0.1, 0.15) is 11.9 Å². The van der Waals surface area contributed by atoms with Gasteiger partial charge in [-0.3, -0.25) is 4.79 Å². The number of likely N-dealkylation sites (tertiary alicyclic amines) is 1. The molecule has 3 heterocycles. The van der Waals surface area contributed by atoms with Crippen LogP contribution in [-0.4, -0.2) is 30.8 Å². The van der Waals surface area contributed by atoms with Crippen molar-refractivity contribution in [2.75, 3.05) is 20.1 Å². The maximum absolute atomic E-state index is 13.5. The number of ether oxygens (including phenoxy) is 1. The lowest BCUT2D eigenvalue weighted by molar-refractivity contribution is -0.138. The maximum Gasteiger partial charge on any atom is 0.417 e. The lowest BCUT2D eigenvalue weighted by Gasteiger charge is -2.34. The summed E-state index contributed by atoms with van der Waals surface area (Å²) in [5.74, 6) is -0.377. The Balaban J connectivity index is 1.83. The fourth-order valence-electron chi connectivity index (χ4n) is 3.82. The predicted molar refractivity (Wildman–Crippen MR) is 92.8 cm³/mol. The van der Waals surface area contributed by atoms with E-state index in [1.807, 2.05) is 6.07 Å². The molecule has 1 aromatic carbocycles. The number of halogens is 3. The minimum Gasteiger partial charge on any atom is -0.485 e. The fourth-order valence-corrected chi connectivity index (χ4v) is 4.70. The van der Waals surface area contributed by atoms with Crippen LogP contribution in [0.1, 0.15) is 45.3 Å². The van der Waals surface area contributed by atoms with Crippen molar-refractivity contribution in [3.8, 4) is 5.75 Å². The van der Waals surface area contributed by atoms with Crippen LogP contribution in [0.5, 0.6) is 5.75 Å². The van der Waals surface area contributed by atoms with Gasteiger partial charge in [-0.2, -0.15) is 13.2 Å². The number of thiophene rings is 1.